The summed E-state index contributed by atoms with van der Waals surface area (Å²) in [5.74, 6) is -0.341. The molecule has 2 amide bonds. The van der Waals surface area contributed by atoms with Crippen LogP contribution < -0.4 is 0 Å². The van der Waals surface area contributed by atoms with Crippen LogP contribution in [0.5, 0.6) is 0 Å². The highest BCUT2D eigenvalue weighted by molar-refractivity contribution is 9.15. The van der Waals surface area contributed by atoms with Crippen LogP contribution in [0, 0.1) is 19.3 Å². The molecule has 2 aliphatic heterocycles. The largest absolute Gasteiger partial charge is 0.306 e. The minimum Gasteiger partial charge on any atom is -0.306 e. The Kier molecular flexibility index (Phi) is 6.75. The molecule has 5 nitrogen and oxygen atoms in total. The number of nitrogens with zero attached hydrogens (tertiary/aromatic N) is 2. The minimum absolute atomic E-state index is 0.119. The second-order valence-corrected chi connectivity index (χ2v) is 12.1. The van der Waals surface area contributed by atoms with E-state index in [4.69, 9.17) is 5.41 Å². The van der Waals surface area contributed by atoms with Gasteiger partial charge in [-0.2, -0.15) is 0 Å². The monoisotopic (exact) mass is 813 g/mol. The second kappa shape index (κ2) is 8.71. The number of hydrogen-bond donors (Lipinski definition) is 1. The molecule has 0 bridgehead atoms. The number of nitrogens with one attached hydrogen (secondary N) is 1. The van der Waals surface area contributed by atoms with Gasteiger partial charge in [0.25, 0.3) is 11.8 Å². The lowest BCUT2D eigenvalue weighted by molar-refractivity contribution is 0.0797. The van der Waals surface area contributed by atoms with E-state index in [9.17, 15) is 9.59 Å². The molecule has 2 heterocycles. The van der Waals surface area contributed by atoms with Gasteiger partial charge in [-0.25, -0.2) is 0 Å². The quantitative estimate of drug-likeness (QED) is 0.322. The van der Waals surface area contributed by atoms with E-state index in [2.05, 4.69) is 102 Å². The van der Waals surface area contributed by atoms with Gasteiger partial charge in [0.2, 0.25) is 0 Å². The molecule has 0 saturated heterocycles. The van der Waals surface area contributed by atoms with E-state index in [0.717, 1.165) is 34.6 Å². The van der Waals surface area contributed by atoms with Crippen LogP contribution in [0.2, 0.25) is 0 Å². The summed E-state index contributed by atoms with van der Waals surface area (Å²) in [6.45, 7) is 8.32. The van der Waals surface area contributed by atoms with Crippen molar-refractivity contribution in [1.29, 1.82) is 5.41 Å². The van der Waals surface area contributed by atoms with E-state index in [0.29, 0.717) is 31.3 Å². The summed E-state index contributed by atoms with van der Waals surface area (Å²) in [7, 11) is 0. The molecule has 0 aliphatic carbocycles. The van der Waals surface area contributed by atoms with Crippen molar-refractivity contribution in [2.45, 2.75) is 13.8 Å². The topological polar surface area (TPSA) is 64.5 Å². The number of amides is 2. The van der Waals surface area contributed by atoms with Gasteiger partial charge in [0.15, 0.2) is 0 Å². The van der Waals surface area contributed by atoms with Gasteiger partial charge in [0, 0.05) is 56.7 Å². The first kappa shape index (κ1) is 24.8. The average Bonchev–Trinajstić information content (AvgIpc) is 3.15. The fraction of sp³-hybridized carbons (Fsp3) is 0.190. The molecule has 0 unspecified atom stereocenters. The van der Waals surface area contributed by atoms with Crippen LogP contribution >= 0.6 is 95.6 Å². The van der Waals surface area contributed by atoms with E-state index in [1.807, 2.05) is 13.8 Å². The summed E-state index contributed by atoms with van der Waals surface area (Å²) in [4.78, 5) is 29.4. The molecule has 32 heavy (non-hydrogen) atoms. The van der Waals surface area contributed by atoms with Crippen LogP contribution in [0.25, 0.3) is 5.70 Å². The van der Waals surface area contributed by atoms with Crippen molar-refractivity contribution in [2.24, 2.45) is 0 Å². The Bertz CT molecular complexity index is 1110. The van der Waals surface area contributed by atoms with E-state index < -0.39 is 0 Å². The van der Waals surface area contributed by atoms with E-state index >= 15 is 0 Å². The number of amidine groups is 1. The highest BCUT2D eigenvalue weighted by Crippen LogP contribution is 2.46. The summed E-state index contributed by atoms with van der Waals surface area (Å²) in [6.07, 6.45) is 0. The zero-order chi connectivity index (χ0) is 23.8. The molecule has 11 heteroatoms. The van der Waals surface area contributed by atoms with Crippen LogP contribution in [0.15, 0.2) is 33.4 Å². The number of benzene rings is 2. The fourth-order valence-corrected chi connectivity index (χ4v) is 7.48. The normalized spacial score (nSPS) is 15.2. The molecule has 4 rings (SSSR count). The molecule has 2 aliphatic rings. The van der Waals surface area contributed by atoms with Crippen LogP contribution in [-0.2, 0) is 0 Å². The molecular weight excluding hydrogens is 806 g/mol. The predicted molar refractivity (Wildman–Crippen MR) is 146 cm³/mol. The molecule has 0 aromatic heterocycles. The SMILES string of the molecule is C=C1c2c(C)c(Br)c(Br)c(Br)c2C(=O)N1CCN1C(=N)c2c(C)c(Br)c(Br)c(Br)c2C1=O. The Hall–Kier alpha value is -0.330. The van der Waals surface area contributed by atoms with Crippen molar-refractivity contribution in [3.05, 3.63) is 66.8 Å². The van der Waals surface area contributed by atoms with Crippen LogP contribution in [0.3, 0.4) is 0 Å². The highest BCUT2D eigenvalue weighted by atomic mass is 79.9. The number of fused-ring (bicyclic) bond motifs is 2. The number of hydrogen-bond acceptors (Lipinski definition) is 3. The molecule has 2 aromatic carbocycles. The number of carbonyl (C=O) groups excluding carboxylic acids is 2. The van der Waals surface area contributed by atoms with Crippen molar-refractivity contribution < 1.29 is 9.59 Å². The van der Waals surface area contributed by atoms with Crippen molar-refractivity contribution in [3.8, 4) is 0 Å². The number of rotatable bonds is 3. The third-order valence-corrected chi connectivity index (χ3v) is 13.0. The summed E-state index contributed by atoms with van der Waals surface area (Å²) in [5.41, 5.74) is 4.63. The van der Waals surface area contributed by atoms with Gasteiger partial charge in [-0.1, -0.05) is 6.58 Å². The summed E-state index contributed by atoms with van der Waals surface area (Å²) < 4.78 is 4.39. The van der Waals surface area contributed by atoms with Crippen LogP contribution in [0.1, 0.15) is 43.0 Å². The van der Waals surface area contributed by atoms with Crippen molar-refractivity contribution in [2.75, 3.05) is 13.1 Å². The molecule has 2 aromatic rings. The summed E-state index contributed by atoms with van der Waals surface area (Å²) in [6, 6.07) is 0. The zero-order valence-corrected chi connectivity index (χ0v) is 26.1. The number of carbonyl (C=O) groups is 2. The van der Waals surface area contributed by atoms with E-state index in [1.165, 1.54) is 4.90 Å². The van der Waals surface area contributed by atoms with Gasteiger partial charge in [-0.15, -0.1) is 0 Å². The lowest BCUT2D eigenvalue weighted by Crippen LogP contribution is -2.38. The predicted octanol–water partition coefficient (Wildman–Crippen LogP) is 7.79. The molecular formula is C21H13Br6N3O2. The fourth-order valence-electron chi connectivity index (χ4n) is 4.03. The molecule has 0 saturated carbocycles. The van der Waals surface area contributed by atoms with Gasteiger partial charge in [0.05, 0.1) is 11.1 Å². The van der Waals surface area contributed by atoms with Crippen LogP contribution in [-0.4, -0.2) is 40.5 Å². The summed E-state index contributed by atoms with van der Waals surface area (Å²) >= 11 is 21.1. The molecule has 0 fully saturated rings. The van der Waals surface area contributed by atoms with Gasteiger partial charge in [0.1, 0.15) is 5.84 Å². The Labute approximate surface area is 235 Å². The third kappa shape index (κ3) is 3.40. The zero-order valence-electron chi connectivity index (χ0n) is 16.6. The summed E-state index contributed by atoms with van der Waals surface area (Å²) in [5, 5.41) is 8.65. The Morgan fingerprint density at radius 1 is 0.656 bits per heavy atom. The molecule has 166 valence electrons. The lowest BCUT2D eigenvalue weighted by atomic mass is 10.0. The van der Waals surface area contributed by atoms with Gasteiger partial charge in [-0.3, -0.25) is 19.9 Å². The Morgan fingerprint density at radius 2 is 1.06 bits per heavy atom. The second-order valence-electron chi connectivity index (χ2n) is 7.34. The van der Waals surface area contributed by atoms with E-state index in [1.54, 1.807) is 4.90 Å². The Morgan fingerprint density at radius 3 is 1.59 bits per heavy atom. The van der Waals surface area contributed by atoms with Crippen molar-refractivity contribution >= 4 is 119 Å². The van der Waals surface area contributed by atoms with Crippen molar-refractivity contribution in [3.63, 3.8) is 0 Å². The van der Waals surface area contributed by atoms with Gasteiger partial charge in [-0.05, 0) is 121 Å². The lowest BCUT2D eigenvalue weighted by Gasteiger charge is -2.22. The highest BCUT2D eigenvalue weighted by Gasteiger charge is 2.40. The molecule has 0 radical (unpaired) electrons. The molecule has 0 spiro atoms. The number of halogens is 6. The maximum atomic E-state index is 13.2. The first-order chi connectivity index (χ1) is 14.9. The average molecular weight is 819 g/mol. The molecule has 1 N–H and O–H groups in total. The smallest absolute Gasteiger partial charge is 0.261 e. The first-order valence-corrected chi connectivity index (χ1v) is 13.9. The van der Waals surface area contributed by atoms with Crippen LogP contribution in [0.4, 0.5) is 0 Å². The maximum absolute atomic E-state index is 13.2. The maximum Gasteiger partial charge on any atom is 0.261 e. The van der Waals surface area contributed by atoms with Crippen molar-refractivity contribution in [1.82, 2.24) is 9.80 Å². The molecule has 0 atom stereocenters. The van der Waals surface area contributed by atoms with Gasteiger partial charge >= 0.3 is 0 Å². The Balaban J connectivity index is 1.65. The first-order valence-electron chi connectivity index (χ1n) is 9.17. The minimum atomic E-state index is -0.272. The van der Waals surface area contributed by atoms with Gasteiger partial charge < -0.3 is 4.90 Å². The van der Waals surface area contributed by atoms with E-state index in [-0.39, 0.29) is 30.7 Å². The third-order valence-electron chi connectivity index (χ3n) is 5.70. The standard InChI is InChI=1S/C21H13Br6N3O2/c1-6-9-8(3)29(20(31)11(9)15(24)17(26)13(6)22)4-5-30-19(28)10-7(2)14(23)18(27)16(25)12(10)21(30)32/h28H,3-5H2,1-2H3.